The first kappa shape index (κ1) is 18.1. The monoisotopic (exact) mass is 354 g/mol. The third-order valence-corrected chi connectivity index (χ3v) is 4.41. The molecule has 1 aliphatic heterocycles. The van der Waals surface area contributed by atoms with E-state index in [0.29, 0.717) is 13.2 Å². The first-order valence-corrected chi connectivity index (χ1v) is 8.54. The second-order valence-corrected chi connectivity index (χ2v) is 6.31. The molecule has 1 saturated heterocycles. The number of hydrogen-bond donors (Lipinski definition) is 1. The number of aromatic nitrogens is 1. The minimum absolute atomic E-state index is 0.0312. The summed E-state index contributed by atoms with van der Waals surface area (Å²) in [6.07, 6.45) is 3.86. The number of alkyl halides is 2. The fourth-order valence-corrected chi connectivity index (χ4v) is 2.96. The maximum absolute atomic E-state index is 12.0. The quantitative estimate of drug-likeness (QED) is 0.752. The number of benzene rings is 1. The van der Waals surface area contributed by atoms with Crippen LogP contribution in [-0.2, 0) is 15.9 Å². The smallest absolute Gasteiger partial charge is 0.345 e. The zero-order valence-corrected chi connectivity index (χ0v) is 14.3. The Morgan fingerprint density at radius 3 is 3.00 bits per heavy atom. The van der Waals surface area contributed by atoms with Crippen molar-refractivity contribution in [1.82, 2.24) is 9.88 Å². The van der Waals surface area contributed by atoms with Crippen molar-refractivity contribution in [1.29, 1.82) is 0 Å². The maximum Gasteiger partial charge on any atom is 0.345 e. The Balaban J connectivity index is 1.57. The lowest BCUT2D eigenvalue weighted by atomic mass is 10.1. The van der Waals surface area contributed by atoms with E-state index in [0.717, 1.165) is 42.6 Å². The van der Waals surface area contributed by atoms with E-state index in [1.54, 1.807) is 0 Å². The zero-order valence-electron chi connectivity index (χ0n) is 14.3. The molecule has 5 nitrogen and oxygen atoms in total. The molecule has 7 heteroatoms. The summed E-state index contributed by atoms with van der Waals surface area (Å²) in [6, 6.07) is 6.04. The van der Waals surface area contributed by atoms with Gasteiger partial charge in [-0.2, -0.15) is 8.78 Å². The highest BCUT2D eigenvalue weighted by Crippen LogP contribution is 2.26. The van der Waals surface area contributed by atoms with Crippen LogP contribution in [0.25, 0.3) is 10.9 Å². The molecule has 3 rings (SSSR count). The molecular formula is C18H24F2N2O3. The lowest BCUT2D eigenvalue weighted by molar-refractivity contribution is -0.131. The first-order valence-electron chi connectivity index (χ1n) is 8.54. The average Bonchev–Trinajstić information content (AvgIpc) is 3.22. The Bertz CT molecular complexity index is 671. The van der Waals surface area contributed by atoms with Crippen LogP contribution in [0.3, 0.4) is 0 Å². The third kappa shape index (κ3) is 5.14. The number of hydrogen-bond acceptors (Lipinski definition) is 4. The number of rotatable bonds is 9. The molecule has 0 spiro atoms. The molecule has 0 unspecified atom stereocenters. The van der Waals surface area contributed by atoms with Gasteiger partial charge in [-0.25, -0.2) is 0 Å². The largest absolute Gasteiger partial charge is 0.488 e. The van der Waals surface area contributed by atoms with Crippen molar-refractivity contribution in [2.24, 2.45) is 0 Å². The molecule has 0 saturated carbocycles. The third-order valence-electron chi connectivity index (χ3n) is 4.41. The van der Waals surface area contributed by atoms with Crippen molar-refractivity contribution in [3.8, 4) is 5.75 Å². The van der Waals surface area contributed by atoms with E-state index >= 15 is 0 Å². The van der Waals surface area contributed by atoms with E-state index in [9.17, 15) is 8.78 Å². The number of H-pyrrole nitrogens is 1. The molecule has 1 aliphatic rings. The molecule has 2 aromatic rings. The average molecular weight is 354 g/mol. The number of halogens is 2. The molecule has 0 amide bonds. The van der Waals surface area contributed by atoms with Gasteiger partial charge in [0.25, 0.3) is 0 Å². The van der Waals surface area contributed by atoms with Gasteiger partial charge < -0.3 is 24.1 Å². The van der Waals surface area contributed by atoms with Crippen molar-refractivity contribution in [2.45, 2.75) is 25.6 Å². The lowest BCUT2D eigenvalue weighted by Crippen LogP contribution is -2.26. The number of nitrogens with zero attached hydrogens (tertiary/aromatic N) is 1. The SMILES string of the molecule is CN(CCOC(F)F)CCc1c[nH]c2ccc(O[C@H]3CCOC3)cc12. The minimum atomic E-state index is -2.70. The molecule has 1 N–H and O–H groups in total. The zero-order chi connectivity index (χ0) is 17.6. The van der Waals surface area contributed by atoms with Crippen molar-refractivity contribution >= 4 is 10.9 Å². The van der Waals surface area contributed by atoms with E-state index in [-0.39, 0.29) is 12.7 Å². The van der Waals surface area contributed by atoms with Crippen LogP contribution in [0.4, 0.5) is 8.78 Å². The van der Waals surface area contributed by atoms with E-state index in [1.165, 1.54) is 5.56 Å². The summed E-state index contributed by atoms with van der Waals surface area (Å²) in [5, 5.41) is 1.13. The summed E-state index contributed by atoms with van der Waals surface area (Å²) < 4.78 is 39.6. The molecule has 2 heterocycles. The summed E-state index contributed by atoms with van der Waals surface area (Å²) in [4.78, 5) is 5.25. The van der Waals surface area contributed by atoms with Crippen LogP contribution < -0.4 is 4.74 Å². The highest BCUT2D eigenvalue weighted by molar-refractivity contribution is 5.84. The molecule has 1 aromatic carbocycles. The van der Waals surface area contributed by atoms with Gasteiger partial charge in [0.1, 0.15) is 11.9 Å². The molecular weight excluding hydrogens is 330 g/mol. The van der Waals surface area contributed by atoms with Crippen LogP contribution in [0.1, 0.15) is 12.0 Å². The Morgan fingerprint density at radius 1 is 1.36 bits per heavy atom. The topological polar surface area (TPSA) is 46.7 Å². The molecule has 0 radical (unpaired) electrons. The standard InChI is InChI=1S/C18H24F2N2O3/c1-22(7-9-24-18(19)20)6-4-13-11-21-17-3-2-14(10-16(13)17)25-15-5-8-23-12-15/h2-3,10-11,15,18,21H,4-9,12H2,1H3/t15-/m0/s1. The van der Waals surface area contributed by atoms with E-state index in [1.807, 2.05) is 30.3 Å². The number of nitrogens with one attached hydrogen (secondary N) is 1. The van der Waals surface area contributed by atoms with Gasteiger partial charge in [-0.3, -0.25) is 0 Å². The normalized spacial score (nSPS) is 17.9. The Labute approximate surface area is 145 Å². The number of likely N-dealkylation sites (N-methyl/N-ethyl adjacent to an activating group) is 1. The van der Waals surface area contributed by atoms with Crippen LogP contribution in [0.2, 0.25) is 0 Å². The van der Waals surface area contributed by atoms with Gasteiger partial charge in [-0.05, 0) is 37.2 Å². The fourth-order valence-electron chi connectivity index (χ4n) is 2.96. The van der Waals surface area contributed by atoms with Gasteiger partial charge >= 0.3 is 6.61 Å². The van der Waals surface area contributed by atoms with Crippen LogP contribution in [0.15, 0.2) is 24.4 Å². The second-order valence-electron chi connectivity index (χ2n) is 6.31. The molecule has 25 heavy (non-hydrogen) atoms. The lowest BCUT2D eigenvalue weighted by Gasteiger charge is -2.16. The summed E-state index contributed by atoms with van der Waals surface area (Å²) in [5.74, 6) is 0.850. The van der Waals surface area contributed by atoms with Gasteiger partial charge in [-0.15, -0.1) is 0 Å². The Hall–Kier alpha value is -1.70. The number of ether oxygens (including phenoxy) is 3. The van der Waals surface area contributed by atoms with Gasteiger partial charge in [0.2, 0.25) is 0 Å². The Morgan fingerprint density at radius 2 is 2.24 bits per heavy atom. The summed E-state index contributed by atoms with van der Waals surface area (Å²) in [5.41, 5.74) is 2.25. The summed E-state index contributed by atoms with van der Waals surface area (Å²) >= 11 is 0. The predicted molar refractivity (Wildman–Crippen MR) is 91.3 cm³/mol. The van der Waals surface area contributed by atoms with Gasteiger partial charge in [0.05, 0.1) is 19.8 Å². The van der Waals surface area contributed by atoms with Crippen LogP contribution in [0, 0.1) is 0 Å². The van der Waals surface area contributed by atoms with Gasteiger partial charge in [0, 0.05) is 36.6 Å². The van der Waals surface area contributed by atoms with Gasteiger partial charge in [0.15, 0.2) is 0 Å². The highest BCUT2D eigenvalue weighted by Gasteiger charge is 2.17. The van der Waals surface area contributed by atoms with Crippen LogP contribution in [0.5, 0.6) is 5.75 Å². The fraction of sp³-hybridized carbons (Fsp3) is 0.556. The minimum Gasteiger partial charge on any atom is -0.488 e. The van der Waals surface area contributed by atoms with Crippen molar-refractivity contribution in [2.75, 3.05) is 40.0 Å². The van der Waals surface area contributed by atoms with Crippen molar-refractivity contribution in [3.05, 3.63) is 30.0 Å². The molecule has 0 aliphatic carbocycles. The van der Waals surface area contributed by atoms with Crippen molar-refractivity contribution < 1.29 is 23.0 Å². The maximum atomic E-state index is 12.0. The van der Waals surface area contributed by atoms with E-state index < -0.39 is 6.61 Å². The summed E-state index contributed by atoms with van der Waals surface area (Å²) in [6.45, 7) is -0.0356. The molecule has 0 bridgehead atoms. The Kier molecular flexibility index (Phi) is 6.23. The van der Waals surface area contributed by atoms with Crippen LogP contribution >= 0.6 is 0 Å². The van der Waals surface area contributed by atoms with Crippen LogP contribution in [-0.4, -0.2) is 62.6 Å². The molecule has 1 aromatic heterocycles. The number of aromatic amines is 1. The second kappa shape index (κ2) is 8.60. The van der Waals surface area contributed by atoms with E-state index in [4.69, 9.17) is 9.47 Å². The van der Waals surface area contributed by atoms with Crippen molar-refractivity contribution in [3.63, 3.8) is 0 Å². The van der Waals surface area contributed by atoms with E-state index in [2.05, 4.69) is 15.8 Å². The molecule has 138 valence electrons. The summed E-state index contributed by atoms with van der Waals surface area (Å²) in [7, 11) is 1.90. The number of fused-ring (bicyclic) bond motifs is 1. The molecule has 1 fully saturated rings. The van der Waals surface area contributed by atoms with Gasteiger partial charge in [-0.1, -0.05) is 0 Å². The first-order chi connectivity index (χ1) is 12.1. The predicted octanol–water partition coefficient (Wildman–Crippen LogP) is 3.05. The molecule has 1 atom stereocenters. The highest BCUT2D eigenvalue weighted by atomic mass is 19.3.